The molecule has 1 heterocycles. The number of carbonyl (C=O) groups is 1. The Morgan fingerprint density at radius 2 is 1.94 bits per heavy atom. The first kappa shape index (κ1) is 22.7. The quantitative estimate of drug-likeness (QED) is 0.607. The number of alkyl halides is 3. The Kier molecular flexibility index (Phi) is 6.05. The molecule has 2 aromatic carbocycles. The van der Waals surface area contributed by atoms with Crippen LogP contribution < -0.4 is 14.4 Å². The van der Waals surface area contributed by atoms with E-state index in [1.54, 1.807) is 4.90 Å². The fraction of sp³-hybridized carbons (Fsp3) is 0.316. The summed E-state index contributed by atoms with van der Waals surface area (Å²) in [6.07, 6.45) is -5.04. The van der Waals surface area contributed by atoms with Gasteiger partial charge in [0.05, 0.1) is 35.7 Å². The van der Waals surface area contributed by atoms with Gasteiger partial charge in [0.1, 0.15) is 10.6 Å². The van der Waals surface area contributed by atoms with Gasteiger partial charge in [0.25, 0.3) is 10.0 Å². The average molecular weight is 460 g/mol. The highest BCUT2D eigenvalue weighted by atomic mass is 32.2. The van der Waals surface area contributed by atoms with Crippen molar-refractivity contribution < 1.29 is 41.3 Å². The van der Waals surface area contributed by atoms with Gasteiger partial charge in [-0.15, -0.1) is 0 Å². The van der Waals surface area contributed by atoms with Crippen molar-refractivity contribution in [3.05, 3.63) is 47.5 Å². The van der Waals surface area contributed by atoms with Crippen molar-refractivity contribution in [1.29, 1.82) is 0 Å². The summed E-state index contributed by atoms with van der Waals surface area (Å²) in [5.74, 6) is -1.56. The van der Waals surface area contributed by atoms with Crippen LogP contribution in [0.25, 0.3) is 0 Å². The number of carboxylic acids is 1. The van der Waals surface area contributed by atoms with E-state index in [1.807, 2.05) is 0 Å². The van der Waals surface area contributed by atoms with E-state index < -0.39 is 38.7 Å². The van der Waals surface area contributed by atoms with Crippen LogP contribution in [-0.2, 0) is 16.2 Å². The topological polar surface area (TPSA) is 116 Å². The minimum Gasteiger partial charge on any atom is -0.495 e. The molecule has 3 rings (SSSR count). The summed E-state index contributed by atoms with van der Waals surface area (Å²) in [5.41, 5.74) is -1.61. The second-order valence-electron chi connectivity index (χ2n) is 6.89. The van der Waals surface area contributed by atoms with Crippen LogP contribution in [0.3, 0.4) is 0 Å². The molecule has 12 heteroatoms. The lowest BCUT2D eigenvalue weighted by molar-refractivity contribution is -0.137. The lowest BCUT2D eigenvalue weighted by atomic mass is 10.1. The van der Waals surface area contributed by atoms with E-state index in [-0.39, 0.29) is 29.2 Å². The molecule has 1 aliphatic heterocycles. The molecule has 3 N–H and O–H groups in total. The molecule has 0 aromatic heterocycles. The standard InChI is InChI=1S/C19H19F3N2O6S/c1-30-16-5-2-11(18(26)27)8-17(16)31(28,29)23-14-9-12(19(20,21)22)3-4-15(14)24-7-6-13(25)10-24/h2-5,8-9,13,23,25H,6-7,10H2,1H3,(H,26,27)/t13-/m0/s1. The molecule has 0 amide bonds. The summed E-state index contributed by atoms with van der Waals surface area (Å²) in [7, 11) is -3.36. The molecule has 0 saturated carbocycles. The van der Waals surface area contributed by atoms with Crippen molar-refractivity contribution >= 4 is 27.4 Å². The van der Waals surface area contributed by atoms with Gasteiger partial charge in [-0.25, -0.2) is 13.2 Å². The predicted molar refractivity (Wildman–Crippen MR) is 105 cm³/mol. The fourth-order valence-electron chi connectivity index (χ4n) is 3.25. The van der Waals surface area contributed by atoms with Crippen LogP contribution in [0.15, 0.2) is 41.3 Å². The summed E-state index contributed by atoms with van der Waals surface area (Å²) in [5, 5.41) is 18.9. The molecule has 1 saturated heterocycles. The third kappa shape index (κ3) is 4.85. The van der Waals surface area contributed by atoms with Crippen molar-refractivity contribution in [2.24, 2.45) is 0 Å². The molecule has 0 aliphatic carbocycles. The molecule has 0 bridgehead atoms. The Balaban J connectivity index is 2.09. The van der Waals surface area contributed by atoms with Crippen LogP contribution in [0.1, 0.15) is 22.3 Å². The van der Waals surface area contributed by atoms with E-state index >= 15 is 0 Å². The first-order valence-electron chi connectivity index (χ1n) is 9.01. The smallest absolute Gasteiger partial charge is 0.416 e. The lowest BCUT2D eigenvalue weighted by Gasteiger charge is -2.23. The zero-order chi connectivity index (χ0) is 23.0. The van der Waals surface area contributed by atoms with Gasteiger partial charge in [-0.2, -0.15) is 13.2 Å². The molecule has 31 heavy (non-hydrogen) atoms. The van der Waals surface area contributed by atoms with E-state index in [1.165, 1.54) is 7.11 Å². The van der Waals surface area contributed by atoms with Crippen LogP contribution in [-0.4, -0.2) is 50.9 Å². The van der Waals surface area contributed by atoms with Crippen molar-refractivity contribution in [2.45, 2.75) is 23.6 Å². The van der Waals surface area contributed by atoms with Gasteiger partial charge in [-0.05, 0) is 42.8 Å². The van der Waals surface area contributed by atoms with Crippen LogP contribution >= 0.6 is 0 Å². The van der Waals surface area contributed by atoms with Crippen LogP contribution in [0.4, 0.5) is 24.5 Å². The molecule has 1 aliphatic rings. The van der Waals surface area contributed by atoms with Gasteiger partial charge in [-0.3, -0.25) is 4.72 Å². The Morgan fingerprint density at radius 1 is 1.23 bits per heavy atom. The van der Waals surface area contributed by atoms with Crippen LogP contribution in [0.2, 0.25) is 0 Å². The summed E-state index contributed by atoms with van der Waals surface area (Å²) in [4.78, 5) is 12.3. The van der Waals surface area contributed by atoms with E-state index in [4.69, 9.17) is 9.84 Å². The highest BCUT2D eigenvalue weighted by molar-refractivity contribution is 7.92. The van der Waals surface area contributed by atoms with Gasteiger partial charge in [0, 0.05) is 13.1 Å². The van der Waals surface area contributed by atoms with Gasteiger partial charge in [0.2, 0.25) is 0 Å². The number of methoxy groups -OCH3 is 1. The number of sulfonamides is 1. The van der Waals surface area contributed by atoms with Gasteiger partial charge in [-0.1, -0.05) is 0 Å². The number of ether oxygens (including phenoxy) is 1. The van der Waals surface area contributed by atoms with Crippen molar-refractivity contribution in [2.75, 3.05) is 29.8 Å². The summed E-state index contributed by atoms with van der Waals surface area (Å²) in [6, 6.07) is 5.75. The fourth-order valence-corrected chi connectivity index (χ4v) is 4.51. The Hall–Kier alpha value is -2.99. The Bertz CT molecular complexity index is 1100. The molecular weight excluding hydrogens is 441 g/mol. The maximum atomic E-state index is 13.2. The SMILES string of the molecule is COc1ccc(C(=O)O)cc1S(=O)(=O)Nc1cc(C(F)(F)F)ccc1N1CC[C@H](O)C1. The van der Waals surface area contributed by atoms with Crippen molar-refractivity contribution in [1.82, 2.24) is 0 Å². The number of hydrogen-bond acceptors (Lipinski definition) is 6. The third-order valence-corrected chi connectivity index (χ3v) is 6.16. The van der Waals surface area contributed by atoms with Crippen LogP contribution in [0.5, 0.6) is 5.75 Å². The van der Waals surface area contributed by atoms with Crippen LogP contribution in [0, 0.1) is 0 Å². The van der Waals surface area contributed by atoms with Gasteiger partial charge in [0.15, 0.2) is 0 Å². The monoisotopic (exact) mass is 460 g/mol. The highest BCUT2D eigenvalue weighted by Crippen LogP contribution is 2.38. The summed E-state index contributed by atoms with van der Waals surface area (Å²) in [6.45, 7) is 0.441. The molecule has 0 radical (unpaired) electrons. The third-order valence-electron chi connectivity index (χ3n) is 4.77. The number of hydrogen-bond donors (Lipinski definition) is 3. The maximum absolute atomic E-state index is 13.2. The van der Waals surface area contributed by atoms with E-state index in [0.717, 1.165) is 30.3 Å². The normalized spacial score (nSPS) is 16.9. The van der Waals surface area contributed by atoms with Crippen molar-refractivity contribution in [3.63, 3.8) is 0 Å². The molecule has 0 spiro atoms. The minimum atomic E-state index is -4.72. The number of anilines is 2. The van der Waals surface area contributed by atoms with E-state index in [0.29, 0.717) is 19.0 Å². The second-order valence-corrected chi connectivity index (χ2v) is 8.55. The number of nitrogens with one attached hydrogen (secondary N) is 1. The number of aromatic carboxylic acids is 1. The summed E-state index contributed by atoms with van der Waals surface area (Å²) < 4.78 is 72.9. The lowest BCUT2D eigenvalue weighted by Crippen LogP contribution is -2.24. The highest BCUT2D eigenvalue weighted by Gasteiger charge is 2.33. The number of halogens is 3. The Labute approximate surface area is 175 Å². The minimum absolute atomic E-state index is 0.123. The number of rotatable bonds is 6. The molecular formula is C19H19F3N2O6S. The van der Waals surface area contributed by atoms with Crippen molar-refractivity contribution in [3.8, 4) is 5.75 Å². The largest absolute Gasteiger partial charge is 0.495 e. The van der Waals surface area contributed by atoms with E-state index in [9.17, 15) is 31.5 Å². The molecule has 2 aromatic rings. The zero-order valence-electron chi connectivity index (χ0n) is 16.2. The first-order valence-corrected chi connectivity index (χ1v) is 10.5. The number of aliphatic hydroxyl groups excluding tert-OH is 1. The van der Waals surface area contributed by atoms with Gasteiger partial charge < -0.3 is 19.8 Å². The molecule has 1 atom stereocenters. The molecule has 1 fully saturated rings. The summed E-state index contributed by atoms with van der Waals surface area (Å²) >= 11 is 0. The number of β-amino-alcohol motifs (C(OH)–C–C–N with tert-alkyl or cyclic N) is 1. The Morgan fingerprint density at radius 3 is 2.48 bits per heavy atom. The predicted octanol–water partition coefficient (Wildman–Crippen LogP) is 2.78. The second kappa shape index (κ2) is 8.27. The maximum Gasteiger partial charge on any atom is 0.416 e. The number of benzene rings is 2. The number of carboxylic acid groups (broad SMARTS) is 1. The first-order chi connectivity index (χ1) is 14.4. The number of nitrogens with zero attached hydrogens (tertiary/aromatic N) is 1. The molecule has 8 nitrogen and oxygen atoms in total. The average Bonchev–Trinajstić information content (AvgIpc) is 3.12. The zero-order valence-corrected chi connectivity index (χ0v) is 17.0. The van der Waals surface area contributed by atoms with Gasteiger partial charge >= 0.3 is 12.1 Å². The van der Waals surface area contributed by atoms with E-state index in [2.05, 4.69) is 4.72 Å². The molecule has 168 valence electrons. The molecule has 0 unspecified atom stereocenters. The number of aliphatic hydroxyl groups is 1.